The predicted molar refractivity (Wildman–Crippen MR) is 67.3 cm³/mol. The SMILES string of the molecule is CC[n+]1cccc2ccc3ccccc3c21. The third-order valence-corrected chi connectivity index (χ3v) is 3.10. The van der Waals surface area contributed by atoms with E-state index in [0.29, 0.717) is 0 Å². The number of hydrogen-bond donors (Lipinski definition) is 0. The van der Waals surface area contributed by atoms with Gasteiger partial charge >= 0.3 is 0 Å². The van der Waals surface area contributed by atoms with Gasteiger partial charge in [-0.25, -0.2) is 0 Å². The van der Waals surface area contributed by atoms with Crippen molar-refractivity contribution in [2.45, 2.75) is 13.5 Å². The zero-order valence-electron chi connectivity index (χ0n) is 9.35. The second-order valence-electron chi connectivity index (χ2n) is 4.02. The summed E-state index contributed by atoms with van der Waals surface area (Å²) in [5, 5.41) is 3.95. The molecule has 78 valence electrons. The van der Waals surface area contributed by atoms with Crippen molar-refractivity contribution in [2.24, 2.45) is 0 Å². The lowest BCUT2D eigenvalue weighted by Gasteiger charge is -2.02. The molecule has 1 aromatic heterocycles. The van der Waals surface area contributed by atoms with E-state index in [-0.39, 0.29) is 0 Å². The van der Waals surface area contributed by atoms with E-state index in [4.69, 9.17) is 0 Å². The van der Waals surface area contributed by atoms with Gasteiger partial charge in [0.1, 0.15) is 6.54 Å². The van der Waals surface area contributed by atoms with Crippen molar-refractivity contribution >= 4 is 21.7 Å². The fourth-order valence-corrected chi connectivity index (χ4v) is 2.32. The van der Waals surface area contributed by atoms with Crippen LogP contribution in [0.5, 0.6) is 0 Å². The van der Waals surface area contributed by atoms with Crippen LogP contribution in [0.2, 0.25) is 0 Å². The molecular formula is C15H14N+. The summed E-state index contributed by atoms with van der Waals surface area (Å²) in [5.74, 6) is 0. The molecule has 0 bridgehead atoms. The number of aromatic nitrogens is 1. The summed E-state index contributed by atoms with van der Waals surface area (Å²) in [6.45, 7) is 3.19. The van der Waals surface area contributed by atoms with Crippen molar-refractivity contribution in [3.8, 4) is 0 Å². The summed E-state index contributed by atoms with van der Waals surface area (Å²) in [5.41, 5.74) is 1.34. The number of rotatable bonds is 1. The second-order valence-corrected chi connectivity index (χ2v) is 4.02. The predicted octanol–water partition coefficient (Wildman–Crippen LogP) is 3.30. The topological polar surface area (TPSA) is 3.88 Å². The van der Waals surface area contributed by atoms with Gasteiger partial charge < -0.3 is 0 Å². The molecule has 0 amide bonds. The second kappa shape index (κ2) is 3.60. The van der Waals surface area contributed by atoms with Crippen molar-refractivity contribution < 1.29 is 4.57 Å². The number of benzene rings is 2. The van der Waals surface area contributed by atoms with Crippen LogP contribution < -0.4 is 4.57 Å². The Hall–Kier alpha value is -1.89. The van der Waals surface area contributed by atoms with E-state index >= 15 is 0 Å². The molecule has 3 rings (SSSR count). The zero-order chi connectivity index (χ0) is 11.0. The quantitative estimate of drug-likeness (QED) is 0.427. The molecule has 1 heteroatoms. The van der Waals surface area contributed by atoms with E-state index < -0.39 is 0 Å². The molecule has 1 heterocycles. The monoisotopic (exact) mass is 208 g/mol. The fraction of sp³-hybridized carbons (Fsp3) is 0.133. The van der Waals surface area contributed by atoms with Crippen molar-refractivity contribution in [1.82, 2.24) is 0 Å². The van der Waals surface area contributed by atoms with E-state index in [1.165, 1.54) is 21.7 Å². The molecule has 0 unspecified atom stereocenters. The number of fused-ring (bicyclic) bond motifs is 3. The molecule has 0 N–H and O–H groups in total. The molecule has 3 aromatic rings. The Morgan fingerprint density at radius 1 is 0.875 bits per heavy atom. The molecule has 0 radical (unpaired) electrons. The molecular weight excluding hydrogens is 194 g/mol. The van der Waals surface area contributed by atoms with Crippen molar-refractivity contribution in [1.29, 1.82) is 0 Å². The highest BCUT2D eigenvalue weighted by Crippen LogP contribution is 2.21. The van der Waals surface area contributed by atoms with E-state index in [2.05, 4.69) is 66.2 Å². The van der Waals surface area contributed by atoms with Gasteiger partial charge in [-0.05, 0) is 30.5 Å². The van der Waals surface area contributed by atoms with E-state index in [9.17, 15) is 0 Å². The fourth-order valence-electron chi connectivity index (χ4n) is 2.32. The average Bonchev–Trinajstić information content (AvgIpc) is 2.37. The molecule has 0 saturated heterocycles. The van der Waals surface area contributed by atoms with Gasteiger partial charge in [0.25, 0.3) is 0 Å². The third kappa shape index (κ3) is 1.28. The number of aryl methyl sites for hydroxylation is 1. The first kappa shape index (κ1) is 9.34. The molecule has 2 aromatic carbocycles. The lowest BCUT2D eigenvalue weighted by Crippen LogP contribution is -2.32. The van der Waals surface area contributed by atoms with Crippen LogP contribution in [0.25, 0.3) is 21.7 Å². The molecule has 0 aliphatic rings. The lowest BCUT2D eigenvalue weighted by molar-refractivity contribution is -0.667. The number of hydrogen-bond acceptors (Lipinski definition) is 0. The van der Waals surface area contributed by atoms with Crippen molar-refractivity contribution in [3.63, 3.8) is 0 Å². The summed E-state index contributed by atoms with van der Waals surface area (Å²) >= 11 is 0. The van der Waals surface area contributed by atoms with Gasteiger partial charge in [-0.2, -0.15) is 4.57 Å². The van der Waals surface area contributed by atoms with Gasteiger partial charge in [-0.3, -0.25) is 0 Å². The first-order valence-electron chi connectivity index (χ1n) is 5.70. The van der Waals surface area contributed by atoms with Crippen LogP contribution in [0.4, 0.5) is 0 Å². The molecule has 0 aliphatic carbocycles. The third-order valence-electron chi connectivity index (χ3n) is 3.10. The maximum atomic E-state index is 2.30. The normalized spacial score (nSPS) is 11.1. The number of pyridine rings is 1. The van der Waals surface area contributed by atoms with Crippen LogP contribution in [0, 0.1) is 0 Å². The van der Waals surface area contributed by atoms with Gasteiger partial charge in [-0.15, -0.1) is 0 Å². The summed E-state index contributed by atoms with van der Waals surface area (Å²) in [6, 6.07) is 17.2. The van der Waals surface area contributed by atoms with Crippen LogP contribution >= 0.6 is 0 Å². The maximum Gasteiger partial charge on any atom is 0.220 e. The van der Waals surface area contributed by atoms with Crippen LogP contribution in [-0.4, -0.2) is 0 Å². The highest BCUT2D eigenvalue weighted by Gasteiger charge is 2.09. The van der Waals surface area contributed by atoms with Crippen LogP contribution in [0.3, 0.4) is 0 Å². The van der Waals surface area contributed by atoms with Crippen LogP contribution in [0.15, 0.2) is 54.7 Å². The highest BCUT2D eigenvalue weighted by atomic mass is 14.9. The largest absolute Gasteiger partial charge is 0.220 e. The summed E-state index contributed by atoms with van der Waals surface area (Å²) < 4.78 is 2.30. The van der Waals surface area contributed by atoms with Gasteiger partial charge in [-0.1, -0.05) is 24.3 Å². The first-order chi connectivity index (χ1) is 7.90. The van der Waals surface area contributed by atoms with E-state index in [1.807, 2.05) is 0 Å². The summed E-state index contributed by atoms with van der Waals surface area (Å²) in [6.07, 6.45) is 2.15. The lowest BCUT2D eigenvalue weighted by atomic mass is 10.1. The van der Waals surface area contributed by atoms with E-state index in [1.54, 1.807) is 0 Å². The molecule has 0 fully saturated rings. The maximum absolute atomic E-state index is 2.30. The highest BCUT2D eigenvalue weighted by molar-refractivity contribution is 6.03. The molecule has 16 heavy (non-hydrogen) atoms. The van der Waals surface area contributed by atoms with Crippen molar-refractivity contribution in [3.05, 3.63) is 54.7 Å². The Labute approximate surface area is 95.0 Å². The zero-order valence-corrected chi connectivity index (χ0v) is 9.35. The Morgan fingerprint density at radius 3 is 2.50 bits per heavy atom. The van der Waals surface area contributed by atoms with Gasteiger partial charge in [0.05, 0.1) is 5.39 Å². The van der Waals surface area contributed by atoms with Gasteiger partial charge in [0, 0.05) is 11.5 Å². The minimum absolute atomic E-state index is 1.01. The van der Waals surface area contributed by atoms with E-state index in [0.717, 1.165) is 6.54 Å². The van der Waals surface area contributed by atoms with Gasteiger partial charge in [0.2, 0.25) is 5.52 Å². The smallest absolute Gasteiger partial charge is 0.198 e. The Bertz CT molecular complexity index is 656. The Kier molecular flexibility index (Phi) is 2.10. The molecule has 0 aliphatic heterocycles. The molecule has 0 saturated carbocycles. The molecule has 0 spiro atoms. The average molecular weight is 208 g/mol. The number of nitrogens with zero attached hydrogens (tertiary/aromatic N) is 1. The van der Waals surface area contributed by atoms with Crippen LogP contribution in [0.1, 0.15) is 6.92 Å². The minimum Gasteiger partial charge on any atom is -0.198 e. The Morgan fingerprint density at radius 2 is 1.62 bits per heavy atom. The standard InChI is InChI=1S/C15H14N/c1-2-16-11-5-7-13-10-9-12-6-3-4-8-14(12)15(13)16/h3-11H,2H2,1H3/q+1. The minimum atomic E-state index is 1.01. The van der Waals surface area contributed by atoms with Gasteiger partial charge in [0.15, 0.2) is 6.20 Å². The van der Waals surface area contributed by atoms with Crippen LogP contribution in [-0.2, 0) is 6.54 Å². The molecule has 0 atom stereocenters. The summed E-state index contributed by atoms with van der Waals surface area (Å²) in [7, 11) is 0. The van der Waals surface area contributed by atoms with Crippen molar-refractivity contribution in [2.75, 3.05) is 0 Å². The molecule has 1 nitrogen and oxygen atoms in total. The summed E-state index contributed by atoms with van der Waals surface area (Å²) in [4.78, 5) is 0. The Balaban J connectivity index is 2.57. The first-order valence-corrected chi connectivity index (χ1v) is 5.70.